The highest BCUT2D eigenvalue weighted by Crippen LogP contribution is 2.13. The predicted molar refractivity (Wildman–Crippen MR) is 104 cm³/mol. The molecule has 0 N–H and O–H groups in total. The maximum atomic E-state index is 8.90. The Balaban J connectivity index is 1.42. The summed E-state index contributed by atoms with van der Waals surface area (Å²) in [7, 11) is 0. The molecule has 1 fully saturated rings. The molecule has 1 heterocycles. The first kappa shape index (κ1) is 18.4. The highest BCUT2D eigenvalue weighted by atomic mass is 16.5. The van der Waals surface area contributed by atoms with Gasteiger partial charge in [-0.2, -0.15) is 5.26 Å². The van der Waals surface area contributed by atoms with Crippen molar-refractivity contribution in [1.29, 1.82) is 5.26 Å². The van der Waals surface area contributed by atoms with Crippen molar-refractivity contribution >= 4 is 0 Å². The summed E-state index contributed by atoms with van der Waals surface area (Å²) in [5.74, 6) is 0.960. The second-order valence-electron chi connectivity index (χ2n) is 6.95. The minimum Gasteiger partial charge on any atom is -0.492 e. The second-order valence-corrected chi connectivity index (χ2v) is 6.95. The molecule has 0 bridgehead atoms. The van der Waals surface area contributed by atoms with Crippen LogP contribution in [0.1, 0.15) is 23.1 Å². The number of aryl methyl sites for hydroxylation is 1. The van der Waals surface area contributed by atoms with Crippen LogP contribution in [-0.4, -0.2) is 49.1 Å². The first-order valence-electron chi connectivity index (χ1n) is 9.36. The number of nitriles is 1. The van der Waals surface area contributed by atoms with Crippen LogP contribution in [-0.2, 0) is 6.54 Å². The summed E-state index contributed by atoms with van der Waals surface area (Å²) < 4.78 is 5.89. The predicted octanol–water partition coefficient (Wildman–Crippen LogP) is 3.45. The lowest BCUT2D eigenvalue weighted by atomic mass is 10.1. The summed E-state index contributed by atoms with van der Waals surface area (Å²) in [4.78, 5) is 5.00. The third kappa shape index (κ3) is 5.59. The van der Waals surface area contributed by atoms with Gasteiger partial charge >= 0.3 is 0 Å². The molecule has 0 aliphatic carbocycles. The average molecular weight is 349 g/mol. The summed E-state index contributed by atoms with van der Waals surface area (Å²) in [5.41, 5.74) is 3.24. The molecular formula is C22H27N3O. The number of ether oxygens (including phenoxy) is 1. The van der Waals surface area contributed by atoms with Crippen LogP contribution in [0, 0.1) is 18.3 Å². The van der Waals surface area contributed by atoms with Gasteiger partial charge < -0.3 is 4.74 Å². The van der Waals surface area contributed by atoms with E-state index in [1.165, 1.54) is 17.5 Å². The van der Waals surface area contributed by atoms with Crippen molar-refractivity contribution in [3.05, 3.63) is 65.2 Å². The van der Waals surface area contributed by atoms with Crippen molar-refractivity contribution < 1.29 is 4.74 Å². The van der Waals surface area contributed by atoms with Crippen LogP contribution in [0.2, 0.25) is 0 Å². The van der Waals surface area contributed by atoms with Gasteiger partial charge in [0.15, 0.2) is 0 Å². The zero-order chi connectivity index (χ0) is 18.2. The summed E-state index contributed by atoms with van der Waals surface area (Å²) in [5, 5.41) is 8.90. The minimum atomic E-state index is 0.726. The Hall–Kier alpha value is -2.35. The number of hydrogen-bond donors (Lipinski definition) is 0. The van der Waals surface area contributed by atoms with E-state index in [1.807, 2.05) is 24.3 Å². The van der Waals surface area contributed by atoms with E-state index in [1.54, 1.807) is 0 Å². The number of benzene rings is 2. The van der Waals surface area contributed by atoms with Crippen molar-refractivity contribution in [2.45, 2.75) is 19.9 Å². The van der Waals surface area contributed by atoms with Crippen LogP contribution in [0.25, 0.3) is 0 Å². The largest absolute Gasteiger partial charge is 0.492 e. The van der Waals surface area contributed by atoms with Gasteiger partial charge in [-0.05, 0) is 61.8 Å². The Labute approximate surface area is 156 Å². The highest BCUT2D eigenvalue weighted by Gasteiger charge is 2.15. The molecule has 136 valence electrons. The third-order valence-corrected chi connectivity index (χ3v) is 4.84. The van der Waals surface area contributed by atoms with Crippen LogP contribution in [0.4, 0.5) is 0 Å². The van der Waals surface area contributed by atoms with E-state index in [2.05, 4.69) is 47.1 Å². The molecule has 0 saturated carbocycles. The molecule has 2 aromatic carbocycles. The molecule has 0 amide bonds. The van der Waals surface area contributed by atoms with Crippen LogP contribution >= 0.6 is 0 Å². The normalized spacial score (nSPS) is 16.0. The van der Waals surface area contributed by atoms with E-state index < -0.39 is 0 Å². The lowest BCUT2D eigenvalue weighted by Gasteiger charge is -2.22. The van der Waals surface area contributed by atoms with E-state index in [9.17, 15) is 0 Å². The fraction of sp³-hybridized carbons (Fsp3) is 0.409. The Morgan fingerprint density at radius 1 is 1.00 bits per heavy atom. The number of nitrogens with zero attached hydrogens (tertiary/aromatic N) is 3. The molecule has 4 heteroatoms. The number of rotatable bonds is 6. The Bertz CT molecular complexity index is 736. The van der Waals surface area contributed by atoms with Gasteiger partial charge in [-0.15, -0.1) is 0 Å². The summed E-state index contributed by atoms with van der Waals surface area (Å²) >= 11 is 0. The van der Waals surface area contributed by atoms with Crippen LogP contribution in [0.3, 0.4) is 0 Å². The summed E-state index contributed by atoms with van der Waals surface area (Å²) in [6.45, 7) is 9.15. The molecule has 0 unspecified atom stereocenters. The molecule has 1 aliphatic heterocycles. The Morgan fingerprint density at radius 2 is 1.77 bits per heavy atom. The van der Waals surface area contributed by atoms with E-state index in [0.717, 1.165) is 57.2 Å². The molecule has 26 heavy (non-hydrogen) atoms. The van der Waals surface area contributed by atoms with Gasteiger partial charge in [-0.25, -0.2) is 0 Å². The zero-order valence-electron chi connectivity index (χ0n) is 15.5. The van der Waals surface area contributed by atoms with Gasteiger partial charge in [0.05, 0.1) is 11.6 Å². The molecule has 1 saturated heterocycles. The quantitative estimate of drug-likeness (QED) is 0.801. The third-order valence-electron chi connectivity index (χ3n) is 4.84. The van der Waals surface area contributed by atoms with Crippen molar-refractivity contribution in [3.8, 4) is 11.8 Å². The van der Waals surface area contributed by atoms with E-state index in [0.29, 0.717) is 0 Å². The molecule has 3 rings (SSSR count). The molecule has 0 atom stereocenters. The van der Waals surface area contributed by atoms with Gasteiger partial charge in [-0.3, -0.25) is 9.80 Å². The zero-order valence-corrected chi connectivity index (χ0v) is 15.5. The average Bonchev–Trinajstić information content (AvgIpc) is 2.88. The number of hydrogen-bond acceptors (Lipinski definition) is 4. The molecule has 2 aromatic rings. The maximum absolute atomic E-state index is 8.90. The molecular weight excluding hydrogens is 322 g/mol. The molecule has 0 radical (unpaired) electrons. The van der Waals surface area contributed by atoms with Crippen LogP contribution in [0.15, 0.2) is 48.5 Å². The first-order chi connectivity index (χ1) is 12.7. The van der Waals surface area contributed by atoms with Crippen LogP contribution in [0.5, 0.6) is 5.75 Å². The Morgan fingerprint density at radius 3 is 2.54 bits per heavy atom. The fourth-order valence-electron chi connectivity index (χ4n) is 3.35. The van der Waals surface area contributed by atoms with Crippen molar-refractivity contribution in [3.63, 3.8) is 0 Å². The maximum Gasteiger partial charge on any atom is 0.119 e. The molecule has 0 spiro atoms. The van der Waals surface area contributed by atoms with Gasteiger partial charge in [0.2, 0.25) is 0 Å². The second kappa shape index (κ2) is 9.38. The van der Waals surface area contributed by atoms with Gasteiger partial charge in [0.25, 0.3) is 0 Å². The fourth-order valence-corrected chi connectivity index (χ4v) is 3.35. The topological polar surface area (TPSA) is 39.5 Å². The van der Waals surface area contributed by atoms with Crippen LogP contribution < -0.4 is 4.74 Å². The lowest BCUT2D eigenvalue weighted by Crippen LogP contribution is -2.33. The van der Waals surface area contributed by atoms with Crippen molar-refractivity contribution in [1.82, 2.24) is 9.80 Å². The van der Waals surface area contributed by atoms with E-state index in [-0.39, 0.29) is 0 Å². The van der Waals surface area contributed by atoms with E-state index >= 15 is 0 Å². The minimum absolute atomic E-state index is 0.726. The summed E-state index contributed by atoms with van der Waals surface area (Å²) in [6, 6.07) is 18.4. The van der Waals surface area contributed by atoms with Crippen molar-refractivity contribution in [2.75, 3.05) is 39.3 Å². The monoisotopic (exact) mass is 349 g/mol. The van der Waals surface area contributed by atoms with Gasteiger partial charge in [0.1, 0.15) is 12.4 Å². The molecule has 4 nitrogen and oxygen atoms in total. The van der Waals surface area contributed by atoms with Gasteiger partial charge in [0, 0.05) is 26.2 Å². The molecule has 1 aliphatic rings. The Kier molecular flexibility index (Phi) is 6.65. The highest BCUT2D eigenvalue weighted by molar-refractivity contribution is 5.31. The molecule has 0 aromatic heterocycles. The van der Waals surface area contributed by atoms with Crippen molar-refractivity contribution in [2.24, 2.45) is 0 Å². The SMILES string of the molecule is Cc1cccc(OCCN2CCCN(Cc3ccc(C#N)cc3)CC2)c1. The van der Waals surface area contributed by atoms with Gasteiger partial charge in [-0.1, -0.05) is 24.3 Å². The smallest absolute Gasteiger partial charge is 0.119 e. The first-order valence-corrected chi connectivity index (χ1v) is 9.36. The van der Waals surface area contributed by atoms with E-state index in [4.69, 9.17) is 10.00 Å². The summed E-state index contributed by atoms with van der Waals surface area (Å²) in [6.07, 6.45) is 1.18. The lowest BCUT2D eigenvalue weighted by molar-refractivity contribution is 0.207. The standard InChI is InChI=1S/C22H27N3O/c1-19-4-2-5-22(16-19)26-15-14-24-10-3-11-25(13-12-24)18-21-8-6-20(17-23)7-9-21/h2,4-9,16H,3,10-15,18H2,1H3.